The average Bonchev–Trinajstić information content (AvgIpc) is 2.10. The molecule has 0 heterocycles. The minimum atomic E-state index is -0.405. The van der Waals surface area contributed by atoms with Crippen LogP contribution < -0.4 is 0 Å². The second kappa shape index (κ2) is 4.24. The lowest BCUT2D eigenvalue weighted by atomic mass is 9.98. The molecule has 0 unspecified atom stereocenters. The Morgan fingerprint density at radius 3 is 2.77 bits per heavy atom. The lowest BCUT2D eigenvalue weighted by Crippen LogP contribution is -1.99. The number of aliphatic hydroxyl groups excluding tert-OH is 1. The minimum Gasteiger partial charge on any atom is -0.388 e. The normalized spacial score (nSPS) is 12.5. The van der Waals surface area contributed by atoms with E-state index in [1.165, 1.54) is 11.1 Å². The van der Waals surface area contributed by atoms with E-state index in [-0.39, 0.29) is 0 Å². The molecule has 0 aliphatic heterocycles. The van der Waals surface area contributed by atoms with Crippen LogP contribution in [-0.2, 0) is 0 Å². The fourth-order valence-electron chi connectivity index (χ4n) is 1.42. The van der Waals surface area contributed by atoms with E-state index < -0.39 is 6.10 Å². The lowest BCUT2D eigenvalue weighted by Gasteiger charge is -2.13. The SMILES string of the molecule is C=CC[C@H](O)c1cccc(C)c1C. The summed E-state index contributed by atoms with van der Waals surface area (Å²) >= 11 is 0. The highest BCUT2D eigenvalue weighted by molar-refractivity contribution is 5.34. The molecular weight excluding hydrogens is 160 g/mol. The van der Waals surface area contributed by atoms with Crippen molar-refractivity contribution in [1.82, 2.24) is 0 Å². The first-order valence-corrected chi connectivity index (χ1v) is 4.52. The van der Waals surface area contributed by atoms with Gasteiger partial charge < -0.3 is 5.11 Å². The highest BCUT2D eigenvalue weighted by Crippen LogP contribution is 2.22. The second-order valence-corrected chi connectivity index (χ2v) is 3.33. The smallest absolute Gasteiger partial charge is 0.0827 e. The first-order valence-electron chi connectivity index (χ1n) is 4.52. The molecular formula is C12H16O. The quantitative estimate of drug-likeness (QED) is 0.702. The molecule has 1 rings (SSSR count). The Kier molecular flexibility index (Phi) is 3.26. The first-order chi connectivity index (χ1) is 6.16. The molecule has 0 fully saturated rings. The topological polar surface area (TPSA) is 20.2 Å². The Balaban J connectivity index is 3.00. The van der Waals surface area contributed by atoms with Gasteiger partial charge in [0.15, 0.2) is 0 Å². The molecule has 0 bridgehead atoms. The van der Waals surface area contributed by atoms with E-state index in [0.29, 0.717) is 6.42 Å². The van der Waals surface area contributed by atoms with E-state index in [1.807, 2.05) is 19.1 Å². The summed E-state index contributed by atoms with van der Waals surface area (Å²) < 4.78 is 0. The summed E-state index contributed by atoms with van der Waals surface area (Å²) in [5.74, 6) is 0. The zero-order valence-corrected chi connectivity index (χ0v) is 8.25. The molecule has 0 saturated carbocycles. The fraction of sp³-hybridized carbons (Fsp3) is 0.333. The van der Waals surface area contributed by atoms with Gasteiger partial charge in [0.05, 0.1) is 6.10 Å². The van der Waals surface area contributed by atoms with Crippen LogP contribution in [0, 0.1) is 13.8 Å². The van der Waals surface area contributed by atoms with Gasteiger partial charge in [0.2, 0.25) is 0 Å². The molecule has 1 aromatic carbocycles. The van der Waals surface area contributed by atoms with Crippen LogP contribution >= 0.6 is 0 Å². The lowest BCUT2D eigenvalue weighted by molar-refractivity contribution is 0.181. The van der Waals surface area contributed by atoms with Gasteiger partial charge in [-0.3, -0.25) is 0 Å². The number of rotatable bonds is 3. The van der Waals surface area contributed by atoms with Crippen molar-refractivity contribution < 1.29 is 5.11 Å². The highest BCUT2D eigenvalue weighted by atomic mass is 16.3. The van der Waals surface area contributed by atoms with Crippen molar-refractivity contribution in [3.8, 4) is 0 Å². The number of hydrogen-bond acceptors (Lipinski definition) is 1. The van der Waals surface area contributed by atoms with Gasteiger partial charge in [-0.1, -0.05) is 24.3 Å². The van der Waals surface area contributed by atoms with Gasteiger partial charge >= 0.3 is 0 Å². The number of benzene rings is 1. The maximum absolute atomic E-state index is 9.75. The van der Waals surface area contributed by atoms with Crippen LogP contribution in [0.2, 0.25) is 0 Å². The highest BCUT2D eigenvalue weighted by Gasteiger charge is 2.08. The van der Waals surface area contributed by atoms with E-state index in [2.05, 4.69) is 19.6 Å². The Morgan fingerprint density at radius 1 is 1.46 bits per heavy atom. The molecule has 1 N–H and O–H groups in total. The average molecular weight is 176 g/mol. The van der Waals surface area contributed by atoms with Gasteiger partial charge in [-0.2, -0.15) is 0 Å². The molecule has 1 aromatic rings. The maximum atomic E-state index is 9.75. The molecule has 1 heteroatoms. The molecule has 0 aliphatic carbocycles. The van der Waals surface area contributed by atoms with E-state index in [1.54, 1.807) is 6.08 Å². The number of aryl methyl sites for hydroxylation is 1. The molecule has 0 spiro atoms. The van der Waals surface area contributed by atoms with Crippen LogP contribution in [0.3, 0.4) is 0 Å². The number of hydrogen-bond donors (Lipinski definition) is 1. The summed E-state index contributed by atoms with van der Waals surface area (Å²) in [5, 5.41) is 9.75. The molecule has 0 amide bonds. The zero-order chi connectivity index (χ0) is 9.84. The third-order valence-corrected chi connectivity index (χ3v) is 2.40. The van der Waals surface area contributed by atoms with Gasteiger partial charge in [0.25, 0.3) is 0 Å². The van der Waals surface area contributed by atoms with Crippen molar-refractivity contribution in [2.75, 3.05) is 0 Å². The van der Waals surface area contributed by atoms with Crippen molar-refractivity contribution >= 4 is 0 Å². The monoisotopic (exact) mass is 176 g/mol. The van der Waals surface area contributed by atoms with E-state index >= 15 is 0 Å². The summed E-state index contributed by atoms with van der Waals surface area (Å²) in [7, 11) is 0. The van der Waals surface area contributed by atoms with Gasteiger partial charge in [0, 0.05) is 0 Å². The Hall–Kier alpha value is -1.08. The predicted octanol–water partition coefficient (Wildman–Crippen LogP) is 2.91. The summed E-state index contributed by atoms with van der Waals surface area (Å²) in [4.78, 5) is 0. The second-order valence-electron chi connectivity index (χ2n) is 3.33. The van der Waals surface area contributed by atoms with E-state index in [4.69, 9.17) is 0 Å². The standard InChI is InChI=1S/C12H16O/c1-4-6-12(13)11-8-5-7-9(2)10(11)3/h4-5,7-8,12-13H,1,6H2,2-3H3/t12-/m0/s1. The summed E-state index contributed by atoms with van der Waals surface area (Å²) in [6.45, 7) is 7.71. The Labute approximate surface area is 79.7 Å². The third kappa shape index (κ3) is 2.19. The third-order valence-electron chi connectivity index (χ3n) is 2.40. The van der Waals surface area contributed by atoms with Crippen LogP contribution in [0.15, 0.2) is 30.9 Å². The molecule has 1 atom stereocenters. The summed E-state index contributed by atoms with van der Waals surface area (Å²) in [6, 6.07) is 6.00. The van der Waals surface area contributed by atoms with Crippen LogP contribution in [0.4, 0.5) is 0 Å². The van der Waals surface area contributed by atoms with Crippen LogP contribution in [-0.4, -0.2) is 5.11 Å². The Morgan fingerprint density at radius 2 is 2.15 bits per heavy atom. The molecule has 0 aromatic heterocycles. The molecule has 0 aliphatic rings. The van der Waals surface area contributed by atoms with E-state index in [9.17, 15) is 5.11 Å². The van der Waals surface area contributed by atoms with Crippen LogP contribution in [0.25, 0.3) is 0 Å². The largest absolute Gasteiger partial charge is 0.388 e. The van der Waals surface area contributed by atoms with E-state index in [0.717, 1.165) is 5.56 Å². The van der Waals surface area contributed by atoms with Crippen molar-refractivity contribution in [1.29, 1.82) is 0 Å². The maximum Gasteiger partial charge on any atom is 0.0827 e. The zero-order valence-electron chi connectivity index (χ0n) is 8.25. The number of aliphatic hydroxyl groups is 1. The summed E-state index contributed by atoms with van der Waals surface area (Å²) in [5.41, 5.74) is 3.41. The van der Waals surface area contributed by atoms with Gasteiger partial charge in [-0.25, -0.2) is 0 Å². The minimum absolute atomic E-state index is 0.405. The molecule has 70 valence electrons. The fourth-order valence-corrected chi connectivity index (χ4v) is 1.42. The van der Waals surface area contributed by atoms with Crippen LogP contribution in [0.1, 0.15) is 29.2 Å². The van der Waals surface area contributed by atoms with Crippen molar-refractivity contribution in [2.45, 2.75) is 26.4 Å². The van der Waals surface area contributed by atoms with Gasteiger partial charge in [0.1, 0.15) is 0 Å². The van der Waals surface area contributed by atoms with Gasteiger partial charge in [-0.05, 0) is 37.0 Å². The Bertz CT molecular complexity index is 302. The van der Waals surface area contributed by atoms with Crippen molar-refractivity contribution in [3.05, 3.63) is 47.5 Å². The van der Waals surface area contributed by atoms with Crippen LogP contribution in [0.5, 0.6) is 0 Å². The molecule has 13 heavy (non-hydrogen) atoms. The van der Waals surface area contributed by atoms with Crippen molar-refractivity contribution in [2.24, 2.45) is 0 Å². The molecule has 0 saturated heterocycles. The van der Waals surface area contributed by atoms with Crippen molar-refractivity contribution in [3.63, 3.8) is 0 Å². The first kappa shape index (κ1) is 10.0. The molecule has 0 radical (unpaired) electrons. The molecule has 1 nitrogen and oxygen atoms in total. The summed E-state index contributed by atoms with van der Waals surface area (Å²) in [6.07, 6.45) is 1.95. The van der Waals surface area contributed by atoms with Gasteiger partial charge in [-0.15, -0.1) is 6.58 Å². The predicted molar refractivity (Wildman–Crippen MR) is 55.7 cm³/mol.